The largest absolute Gasteiger partial charge is 0.500 e. The molecule has 1 aromatic carbocycles. The normalized spacial score (nSPS) is 10.6. The molecule has 0 fully saturated rings. The number of methoxy groups -OCH3 is 1. The Balaban J connectivity index is 2.90. The van der Waals surface area contributed by atoms with E-state index in [0.717, 1.165) is 18.9 Å². The number of aromatic hydroxyl groups is 1. The van der Waals surface area contributed by atoms with Crippen LogP contribution in [0, 0.1) is 10.1 Å². The summed E-state index contributed by atoms with van der Waals surface area (Å²) < 4.78 is 9.78. The summed E-state index contributed by atoms with van der Waals surface area (Å²) >= 11 is 0. The number of benzene rings is 1. The first-order valence-corrected chi connectivity index (χ1v) is 6.39. The highest BCUT2D eigenvalue weighted by Gasteiger charge is 2.19. The highest BCUT2D eigenvalue weighted by atomic mass is 16.6. The van der Waals surface area contributed by atoms with E-state index >= 15 is 0 Å². The van der Waals surface area contributed by atoms with E-state index in [1.165, 1.54) is 25.3 Å². The number of hydrogen-bond acceptors (Lipinski definition) is 6. The third kappa shape index (κ3) is 4.79. The van der Waals surface area contributed by atoms with Crippen LogP contribution in [0.1, 0.15) is 25.3 Å². The quantitative estimate of drug-likeness (QED) is 0.273. The molecule has 0 unspecified atom stereocenters. The van der Waals surface area contributed by atoms with Crippen LogP contribution in [0.15, 0.2) is 18.2 Å². The van der Waals surface area contributed by atoms with Gasteiger partial charge in [-0.25, -0.2) is 4.79 Å². The van der Waals surface area contributed by atoms with E-state index < -0.39 is 22.3 Å². The first-order valence-electron chi connectivity index (χ1n) is 6.39. The molecule has 0 aliphatic carbocycles. The number of nitro groups is 1. The van der Waals surface area contributed by atoms with Crippen LogP contribution in [0.3, 0.4) is 0 Å². The maximum absolute atomic E-state index is 11.4. The number of hydrogen-bond donors (Lipinski definition) is 1. The molecule has 0 aliphatic heterocycles. The molecule has 0 aliphatic rings. The van der Waals surface area contributed by atoms with Crippen LogP contribution >= 0.6 is 0 Å². The maximum atomic E-state index is 11.4. The van der Waals surface area contributed by atoms with Crippen molar-refractivity contribution in [1.82, 2.24) is 0 Å². The Morgan fingerprint density at radius 1 is 1.48 bits per heavy atom. The Morgan fingerprint density at radius 2 is 2.19 bits per heavy atom. The molecular weight excluding hydrogens is 278 g/mol. The molecule has 1 rings (SSSR count). The van der Waals surface area contributed by atoms with Crippen LogP contribution in [0.5, 0.6) is 11.5 Å². The lowest BCUT2D eigenvalue weighted by atomic mass is 10.1. The predicted octanol–water partition coefficient (Wildman–Crippen LogP) is 2.67. The Labute approximate surface area is 121 Å². The van der Waals surface area contributed by atoms with Crippen LogP contribution in [-0.4, -0.2) is 29.7 Å². The van der Waals surface area contributed by atoms with Crippen molar-refractivity contribution in [2.45, 2.75) is 19.8 Å². The van der Waals surface area contributed by atoms with Crippen molar-refractivity contribution < 1.29 is 24.3 Å². The molecule has 0 atom stereocenters. The molecule has 0 saturated heterocycles. The summed E-state index contributed by atoms with van der Waals surface area (Å²) in [5, 5.41) is 20.5. The summed E-state index contributed by atoms with van der Waals surface area (Å²) in [5.74, 6) is -1.12. The van der Waals surface area contributed by atoms with Crippen LogP contribution in [0.2, 0.25) is 0 Å². The number of nitrogens with zero attached hydrogens (tertiary/aromatic N) is 1. The van der Waals surface area contributed by atoms with Gasteiger partial charge in [0.2, 0.25) is 5.75 Å². The minimum atomic E-state index is -0.727. The lowest BCUT2D eigenvalue weighted by Crippen LogP contribution is -2.01. The molecule has 1 N–H and O–H groups in total. The van der Waals surface area contributed by atoms with Crippen molar-refractivity contribution in [3.05, 3.63) is 33.9 Å². The summed E-state index contributed by atoms with van der Waals surface area (Å²) in [6.07, 6.45) is 4.23. The number of unbranched alkanes of at least 4 members (excludes halogenated alkanes) is 1. The monoisotopic (exact) mass is 295 g/mol. The average molecular weight is 295 g/mol. The van der Waals surface area contributed by atoms with E-state index in [4.69, 9.17) is 9.47 Å². The molecular formula is C14H17NO6. The Hall–Kier alpha value is -2.57. The van der Waals surface area contributed by atoms with Gasteiger partial charge in [0.15, 0.2) is 5.75 Å². The van der Waals surface area contributed by atoms with Crippen molar-refractivity contribution in [3.63, 3.8) is 0 Å². The third-order valence-electron chi connectivity index (χ3n) is 2.65. The summed E-state index contributed by atoms with van der Waals surface area (Å²) in [7, 11) is 1.28. The van der Waals surface area contributed by atoms with E-state index in [9.17, 15) is 20.0 Å². The zero-order valence-electron chi connectivity index (χ0n) is 11.9. The fourth-order valence-corrected chi connectivity index (χ4v) is 1.53. The number of esters is 1. The number of nitro benzene ring substituents is 1. The van der Waals surface area contributed by atoms with Crippen LogP contribution in [0.25, 0.3) is 6.08 Å². The van der Waals surface area contributed by atoms with Gasteiger partial charge in [0, 0.05) is 12.1 Å². The van der Waals surface area contributed by atoms with E-state index in [0.29, 0.717) is 12.2 Å². The predicted molar refractivity (Wildman–Crippen MR) is 76.2 cm³/mol. The fourth-order valence-electron chi connectivity index (χ4n) is 1.53. The molecule has 0 heterocycles. The fraction of sp³-hybridized carbons (Fsp3) is 0.357. The average Bonchev–Trinajstić information content (AvgIpc) is 2.46. The second-order valence-corrected chi connectivity index (χ2v) is 4.20. The molecule has 0 bridgehead atoms. The summed E-state index contributed by atoms with van der Waals surface area (Å²) in [4.78, 5) is 21.5. The molecule has 0 saturated carbocycles. The van der Waals surface area contributed by atoms with Crippen molar-refractivity contribution in [2.24, 2.45) is 0 Å². The first-order chi connectivity index (χ1) is 9.99. The van der Waals surface area contributed by atoms with Gasteiger partial charge in [0.1, 0.15) is 0 Å². The zero-order valence-corrected chi connectivity index (χ0v) is 11.9. The van der Waals surface area contributed by atoms with Crippen LogP contribution < -0.4 is 4.74 Å². The SMILES string of the molecule is CCCCOC(=O)/C=C/c1cc(OC)c(O)c([N+](=O)[O-])c1. The minimum absolute atomic E-state index is 0.0387. The highest BCUT2D eigenvalue weighted by molar-refractivity contribution is 5.87. The van der Waals surface area contributed by atoms with Crippen molar-refractivity contribution in [3.8, 4) is 11.5 Å². The van der Waals surface area contributed by atoms with E-state index in [1.54, 1.807) is 0 Å². The number of phenols is 1. The van der Waals surface area contributed by atoms with E-state index in [1.807, 2.05) is 6.92 Å². The van der Waals surface area contributed by atoms with Gasteiger partial charge < -0.3 is 14.6 Å². The summed E-state index contributed by atoms with van der Waals surface area (Å²) in [6.45, 7) is 2.31. The standard InChI is InChI=1S/C14H17NO6/c1-3-4-7-21-13(16)6-5-10-8-11(15(18)19)14(17)12(9-10)20-2/h5-6,8-9,17H,3-4,7H2,1-2H3/b6-5+. The number of phenolic OH excluding ortho intramolecular Hbond substituents is 1. The number of rotatable bonds is 7. The van der Waals surface area contributed by atoms with Gasteiger partial charge in [-0.3, -0.25) is 10.1 Å². The van der Waals surface area contributed by atoms with Gasteiger partial charge in [0.05, 0.1) is 18.6 Å². The van der Waals surface area contributed by atoms with E-state index in [-0.39, 0.29) is 5.75 Å². The van der Waals surface area contributed by atoms with Crippen LogP contribution in [0.4, 0.5) is 5.69 Å². The topological polar surface area (TPSA) is 98.9 Å². The van der Waals surface area contributed by atoms with Crippen LogP contribution in [-0.2, 0) is 9.53 Å². The zero-order chi connectivity index (χ0) is 15.8. The molecule has 1 aromatic rings. The number of ether oxygens (including phenoxy) is 2. The molecule has 114 valence electrons. The third-order valence-corrected chi connectivity index (χ3v) is 2.65. The van der Waals surface area contributed by atoms with Crippen molar-refractivity contribution in [1.29, 1.82) is 0 Å². The minimum Gasteiger partial charge on any atom is -0.500 e. The van der Waals surface area contributed by atoms with Gasteiger partial charge in [-0.05, 0) is 24.1 Å². The molecule has 21 heavy (non-hydrogen) atoms. The second-order valence-electron chi connectivity index (χ2n) is 4.20. The summed E-state index contributed by atoms with van der Waals surface area (Å²) in [5.41, 5.74) is -0.142. The maximum Gasteiger partial charge on any atom is 0.330 e. The van der Waals surface area contributed by atoms with Crippen molar-refractivity contribution in [2.75, 3.05) is 13.7 Å². The molecule has 0 amide bonds. The summed E-state index contributed by atoms with van der Waals surface area (Å²) in [6, 6.07) is 2.53. The molecule has 0 spiro atoms. The smallest absolute Gasteiger partial charge is 0.330 e. The Morgan fingerprint density at radius 3 is 2.76 bits per heavy atom. The molecule has 7 heteroatoms. The Bertz CT molecular complexity index is 553. The van der Waals surface area contributed by atoms with Gasteiger partial charge in [-0.2, -0.15) is 0 Å². The van der Waals surface area contributed by atoms with Gasteiger partial charge in [-0.1, -0.05) is 13.3 Å². The number of carbonyl (C=O) groups excluding carboxylic acids is 1. The lowest BCUT2D eigenvalue weighted by Gasteiger charge is -2.05. The first kappa shape index (κ1) is 16.5. The van der Waals surface area contributed by atoms with Gasteiger partial charge >= 0.3 is 11.7 Å². The van der Waals surface area contributed by atoms with Gasteiger partial charge in [0.25, 0.3) is 0 Å². The van der Waals surface area contributed by atoms with E-state index in [2.05, 4.69) is 0 Å². The molecule has 7 nitrogen and oxygen atoms in total. The second kappa shape index (κ2) is 7.88. The van der Waals surface area contributed by atoms with Gasteiger partial charge in [-0.15, -0.1) is 0 Å². The molecule has 0 aromatic heterocycles. The number of carbonyl (C=O) groups is 1. The highest BCUT2D eigenvalue weighted by Crippen LogP contribution is 2.37. The van der Waals surface area contributed by atoms with Crippen molar-refractivity contribution >= 4 is 17.7 Å². The molecule has 0 radical (unpaired) electrons. The Kier molecular flexibility index (Phi) is 6.19. The lowest BCUT2D eigenvalue weighted by molar-refractivity contribution is -0.386.